The molecule has 2 aliphatic rings. The second-order valence-electron chi connectivity index (χ2n) is 8.98. The van der Waals surface area contributed by atoms with E-state index in [9.17, 15) is 9.59 Å². The number of ether oxygens (including phenoxy) is 1. The molecule has 0 aliphatic carbocycles. The van der Waals surface area contributed by atoms with Gasteiger partial charge in [0.25, 0.3) is 5.91 Å². The average Bonchev–Trinajstić information content (AvgIpc) is 3.28. The van der Waals surface area contributed by atoms with Crippen LogP contribution in [0.15, 0.2) is 16.7 Å². The molecule has 0 aromatic carbocycles. The minimum absolute atomic E-state index is 0.0130. The summed E-state index contributed by atoms with van der Waals surface area (Å²) in [4.78, 5) is 30.1. The monoisotopic (exact) mass is 428 g/mol. The molecule has 0 bridgehead atoms. The Labute approximate surface area is 183 Å². The third kappa shape index (κ3) is 4.26. The summed E-state index contributed by atoms with van der Waals surface area (Å²) < 4.78 is 12.9. The Morgan fingerprint density at radius 1 is 1.00 bits per heavy atom. The van der Waals surface area contributed by atoms with Crippen molar-refractivity contribution in [3.8, 4) is 5.82 Å². The quantitative estimate of drug-likeness (QED) is 0.751. The maximum absolute atomic E-state index is 13.2. The Morgan fingerprint density at radius 2 is 1.65 bits per heavy atom. The molecule has 2 aromatic heterocycles. The van der Waals surface area contributed by atoms with Gasteiger partial charge in [-0.3, -0.25) is 14.2 Å². The van der Waals surface area contributed by atoms with E-state index in [0.717, 1.165) is 17.1 Å². The number of hydrogen-bond donors (Lipinski definition) is 0. The normalized spacial score (nSPS) is 22.7. The molecule has 0 radical (unpaired) electrons. The van der Waals surface area contributed by atoms with Crippen molar-refractivity contribution in [1.29, 1.82) is 0 Å². The van der Waals surface area contributed by atoms with Crippen molar-refractivity contribution in [2.45, 2.75) is 59.7 Å². The highest BCUT2D eigenvalue weighted by molar-refractivity contribution is 5.96. The molecule has 4 heterocycles. The summed E-state index contributed by atoms with van der Waals surface area (Å²) >= 11 is 0. The van der Waals surface area contributed by atoms with E-state index in [1.165, 1.54) is 0 Å². The van der Waals surface area contributed by atoms with Crippen LogP contribution in [0.1, 0.15) is 54.2 Å². The molecule has 4 rings (SSSR count). The minimum atomic E-state index is -0.0212. The molecule has 2 saturated heterocycles. The number of aryl methyl sites for hydroxylation is 2. The van der Waals surface area contributed by atoms with E-state index < -0.39 is 0 Å². The van der Waals surface area contributed by atoms with Crippen molar-refractivity contribution in [3.63, 3.8) is 0 Å². The standard InChI is InChI=1S/C23H32N4O4/c1-14-10-20(18(5)27(14)21-11-15(2)31-24-21)23(29)25-8-6-19(7-9-25)22(28)26-12-16(3)30-17(4)13-26/h10-11,16-17,19H,6-9,12-13H2,1-5H3. The number of likely N-dealkylation sites (tertiary alicyclic amines) is 1. The van der Waals surface area contributed by atoms with Crippen molar-refractivity contribution in [1.82, 2.24) is 19.5 Å². The third-order valence-electron chi connectivity index (χ3n) is 6.37. The molecule has 168 valence electrons. The summed E-state index contributed by atoms with van der Waals surface area (Å²) in [5.41, 5.74) is 2.47. The van der Waals surface area contributed by atoms with Gasteiger partial charge in [-0.2, -0.15) is 0 Å². The molecule has 0 spiro atoms. The van der Waals surface area contributed by atoms with E-state index in [-0.39, 0.29) is 29.9 Å². The van der Waals surface area contributed by atoms with E-state index in [1.54, 1.807) is 0 Å². The fourth-order valence-electron chi connectivity index (χ4n) is 4.91. The van der Waals surface area contributed by atoms with Crippen LogP contribution in [0.3, 0.4) is 0 Å². The Balaban J connectivity index is 1.41. The van der Waals surface area contributed by atoms with Crippen LogP contribution >= 0.6 is 0 Å². The zero-order valence-electron chi connectivity index (χ0n) is 19.1. The highest BCUT2D eigenvalue weighted by atomic mass is 16.5. The smallest absolute Gasteiger partial charge is 0.255 e. The number of aromatic nitrogens is 2. The zero-order valence-corrected chi connectivity index (χ0v) is 19.1. The second kappa shape index (κ2) is 8.49. The Hall–Kier alpha value is -2.61. The van der Waals surface area contributed by atoms with Gasteiger partial charge in [0.1, 0.15) is 5.76 Å². The van der Waals surface area contributed by atoms with Gasteiger partial charge in [-0.15, -0.1) is 0 Å². The molecular weight excluding hydrogens is 396 g/mol. The molecule has 8 nitrogen and oxygen atoms in total. The van der Waals surface area contributed by atoms with Crippen molar-refractivity contribution >= 4 is 11.8 Å². The van der Waals surface area contributed by atoms with Crippen LogP contribution in [0, 0.1) is 26.7 Å². The lowest BCUT2D eigenvalue weighted by Crippen LogP contribution is -2.51. The minimum Gasteiger partial charge on any atom is -0.372 e. The summed E-state index contributed by atoms with van der Waals surface area (Å²) in [6, 6.07) is 3.77. The molecule has 2 unspecified atom stereocenters. The van der Waals surface area contributed by atoms with Gasteiger partial charge < -0.3 is 19.1 Å². The van der Waals surface area contributed by atoms with Crippen LogP contribution in [0.5, 0.6) is 0 Å². The van der Waals surface area contributed by atoms with Gasteiger partial charge in [0.05, 0.1) is 17.8 Å². The molecule has 2 atom stereocenters. The summed E-state index contributed by atoms with van der Waals surface area (Å²) in [6.07, 6.45) is 1.54. The Morgan fingerprint density at radius 3 is 2.23 bits per heavy atom. The number of carbonyl (C=O) groups excluding carboxylic acids is 2. The molecule has 2 aliphatic heterocycles. The first-order chi connectivity index (χ1) is 14.7. The number of piperidine rings is 1. The van der Waals surface area contributed by atoms with E-state index in [4.69, 9.17) is 9.26 Å². The predicted octanol–water partition coefficient (Wildman–Crippen LogP) is 2.88. The number of nitrogens with zero attached hydrogens (tertiary/aromatic N) is 4. The number of rotatable bonds is 3. The number of carbonyl (C=O) groups is 2. The fourth-order valence-corrected chi connectivity index (χ4v) is 4.91. The maximum Gasteiger partial charge on any atom is 0.255 e. The summed E-state index contributed by atoms with van der Waals surface area (Å²) in [6.45, 7) is 12.2. The van der Waals surface area contributed by atoms with Crippen LogP contribution in [-0.4, -0.2) is 69.7 Å². The lowest BCUT2D eigenvalue weighted by Gasteiger charge is -2.39. The lowest BCUT2D eigenvalue weighted by atomic mass is 9.94. The van der Waals surface area contributed by atoms with Crippen LogP contribution < -0.4 is 0 Å². The lowest BCUT2D eigenvalue weighted by molar-refractivity contribution is -0.148. The maximum atomic E-state index is 13.2. The van der Waals surface area contributed by atoms with Gasteiger partial charge in [0, 0.05) is 49.6 Å². The first kappa shape index (κ1) is 21.6. The van der Waals surface area contributed by atoms with Gasteiger partial charge in [-0.1, -0.05) is 5.16 Å². The summed E-state index contributed by atoms with van der Waals surface area (Å²) in [7, 11) is 0. The molecule has 2 aromatic rings. The van der Waals surface area contributed by atoms with Crippen molar-refractivity contribution in [2.75, 3.05) is 26.2 Å². The van der Waals surface area contributed by atoms with Crippen molar-refractivity contribution < 1.29 is 18.8 Å². The van der Waals surface area contributed by atoms with Crippen LogP contribution in [0.25, 0.3) is 5.82 Å². The summed E-state index contributed by atoms with van der Waals surface area (Å²) in [5, 5.41) is 4.09. The molecule has 2 fully saturated rings. The molecule has 0 N–H and O–H groups in total. The van der Waals surface area contributed by atoms with Gasteiger partial charge in [-0.05, 0) is 53.5 Å². The Kier molecular flexibility index (Phi) is 5.92. The number of amides is 2. The summed E-state index contributed by atoms with van der Waals surface area (Å²) in [5.74, 6) is 1.61. The highest BCUT2D eigenvalue weighted by Gasteiger charge is 2.34. The van der Waals surface area contributed by atoms with Crippen molar-refractivity contribution in [2.24, 2.45) is 5.92 Å². The topological polar surface area (TPSA) is 80.8 Å². The molecular formula is C23H32N4O4. The fraction of sp³-hybridized carbons (Fsp3) is 0.609. The SMILES string of the molecule is Cc1cc(-n2c(C)cc(C(=O)N3CCC(C(=O)N4CC(C)OC(C)C4)CC3)c2C)no1. The van der Waals surface area contributed by atoms with E-state index in [2.05, 4.69) is 5.16 Å². The molecule has 2 amide bonds. The highest BCUT2D eigenvalue weighted by Crippen LogP contribution is 2.26. The van der Waals surface area contributed by atoms with Crippen molar-refractivity contribution in [3.05, 3.63) is 34.8 Å². The Bertz CT molecular complexity index is 960. The zero-order chi connectivity index (χ0) is 22.3. The first-order valence-electron chi connectivity index (χ1n) is 11.1. The third-order valence-corrected chi connectivity index (χ3v) is 6.37. The second-order valence-corrected chi connectivity index (χ2v) is 8.98. The first-order valence-corrected chi connectivity index (χ1v) is 11.1. The molecule has 0 saturated carbocycles. The van der Waals surface area contributed by atoms with Crippen LogP contribution in [0.2, 0.25) is 0 Å². The van der Waals surface area contributed by atoms with E-state index in [0.29, 0.717) is 50.4 Å². The van der Waals surface area contributed by atoms with Gasteiger partial charge in [-0.25, -0.2) is 0 Å². The predicted molar refractivity (Wildman–Crippen MR) is 115 cm³/mol. The number of morpholine rings is 1. The molecule has 31 heavy (non-hydrogen) atoms. The van der Waals surface area contributed by atoms with Gasteiger partial charge in [0.15, 0.2) is 5.82 Å². The van der Waals surface area contributed by atoms with Gasteiger partial charge in [0.2, 0.25) is 5.91 Å². The van der Waals surface area contributed by atoms with Gasteiger partial charge >= 0.3 is 0 Å². The molecule has 8 heteroatoms. The largest absolute Gasteiger partial charge is 0.372 e. The van der Waals surface area contributed by atoms with Crippen LogP contribution in [-0.2, 0) is 9.53 Å². The average molecular weight is 429 g/mol. The van der Waals surface area contributed by atoms with E-state index in [1.807, 2.05) is 61.1 Å². The van der Waals surface area contributed by atoms with Crippen LogP contribution in [0.4, 0.5) is 0 Å². The van der Waals surface area contributed by atoms with E-state index >= 15 is 0 Å². The number of hydrogen-bond acceptors (Lipinski definition) is 5.